The van der Waals surface area contributed by atoms with Crippen molar-refractivity contribution in [2.45, 2.75) is 44.0 Å². The van der Waals surface area contributed by atoms with Crippen molar-refractivity contribution >= 4 is 11.7 Å². The number of aromatic nitrogens is 3. The molecule has 1 amide bonds. The van der Waals surface area contributed by atoms with Gasteiger partial charge in [-0.25, -0.2) is 0 Å². The summed E-state index contributed by atoms with van der Waals surface area (Å²) in [4.78, 5) is 26.9. The molecule has 1 saturated heterocycles. The summed E-state index contributed by atoms with van der Waals surface area (Å²) in [5.41, 5.74) is 6.18. The van der Waals surface area contributed by atoms with Crippen molar-refractivity contribution in [3.8, 4) is 0 Å². The number of pyridine rings is 1. The minimum absolute atomic E-state index is 0.00815. The Labute approximate surface area is 151 Å². The van der Waals surface area contributed by atoms with Crippen LogP contribution in [0.4, 0.5) is 5.82 Å². The van der Waals surface area contributed by atoms with Crippen molar-refractivity contribution in [3.05, 3.63) is 46.5 Å². The van der Waals surface area contributed by atoms with Gasteiger partial charge in [-0.15, -0.1) is 0 Å². The lowest BCUT2D eigenvalue weighted by Gasteiger charge is -2.24. The molecule has 2 N–H and O–H groups in total. The van der Waals surface area contributed by atoms with Crippen LogP contribution in [0.3, 0.4) is 0 Å². The van der Waals surface area contributed by atoms with Crippen LogP contribution in [0.5, 0.6) is 0 Å². The number of carbonyl (C=O) groups is 1. The molecule has 4 rings (SSSR count). The molecule has 2 aliphatic rings. The van der Waals surface area contributed by atoms with E-state index in [4.69, 9.17) is 10.5 Å². The molecule has 3 heterocycles. The van der Waals surface area contributed by atoms with Crippen LogP contribution in [-0.4, -0.2) is 51.0 Å². The number of hydrogen-bond donors (Lipinski definition) is 1. The minimum Gasteiger partial charge on any atom is -0.382 e. The van der Waals surface area contributed by atoms with Gasteiger partial charge < -0.3 is 19.9 Å². The van der Waals surface area contributed by atoms with E-state index >= 15 is 0 Å². The van der Waals surface area contributed by atoms with Crippen LogP contribution in [-0.2, 0) is 11.3 Å². The zero-order chi connectivity index (χ0) is 18.3. The molecule has 8 nitrogen and oxygen atoms in total. The molecule has 138 valence electrons. The van der Waals surface area contributed by atoms with Gasteiger partial charge in [0, 0.05) is 38.2 Å². The number of ether oxygens (including phenoxy) is 1. The molecule has 1 aliphatic carbocycles. The quantitative estimate of drug-likeness (QED) is 0.857. The maximum absolute atomic E-state index is 13.1. The highest BCUT2D eigenvalue weighted by Gasteiger charge is 2.36. The van der Waals surface area contributed by atoms with Gasteiger partial charge in [-0.05, 0) is 31.4 Å². The van der Waals surface area contributed by atoms with E-state index in [1.807, 2.05) is 11.1 Å². The number of nitrogen functional groups attached to an aromatic ring is 1. The van der Waals surface area contributed by atoms with Gasteiger partial charge in [-0.3, -0.25) is 14.3 Å². The fourth-order valence-corrected chi connectivity index (χ4v) is 3.60. The number of nitrogens with two attached hydrogens (primary N) is 1. The van der Waals surface area contributed by atoms with Crippen molar-refractivity contribution in [1.29, 1.82) is 0 Å². The lowest BCUT2D eigenvalue weighted by atomic mass is 10.2. The molecule has 1 aliphatic heterocycles. The number of nitrogens with zero attached hydrogens (tertiary/aromatic N) is 4. The second-order valence-corrected chi connectivity index (χ2v) is 7.06. The van der Waals surface area contributed by atoms with Crippen LogP contribution in [0.15, 0.2) is 35.4 Å². The van der Waals surface area contributed by atoms with Crippen LogP contribution in [0.2, 0.25) is 0 Å². The maximum atomic E-state index is 13.1. The Balaban J connectivity index is 1.57. The summed E-state index contributed by atoms with van der Waals surface area (Å²) in [6.07, 6.45) is 6.24. The van der Waals surface area contributed by atoms with Crippen molar-refractivity contribution in [1.82, 2.24) is 19.2 Å². The van der Waals surface area contributed by atoms with Gasteiger partial charge in [-0.2, -0.15) is 5.10 Å². The molecule has 2 fully saturated rings. The molecular formula is C18H23N5O3. The number of hydrogen-bond acceptors (Lipinski definition) is 5. The Morgan fingerprint density at radius 3 is 2.81 bits per heavy atom. The Kier molecular flexibility index (Phi) is 4.28. The number of anilines is 1. The van der Waals surface area contributed by atoms with E-state index in [-0.39, 0.29) is 29.7 Å². The van der Waals surface area contributed by atoms with Gasteiger partial charge in [0.1, 0.15) is 5.82 Å². The first-order chi connectivity index (χ1) is 12.5. The number of amides is 1. The Morgan fingerprint density at radius 1 is 1.35 bits per heavy atom. The Bertz CT molecular complexity index is 870. The number of carbonyl (C=O) groups excluding carboxylic acids is 1. The topological polar surface area (TPSA) is 95.4 Å². The van der Waals surface area contributed by atoms with E-state index in [9.17, 15) is 9.59 Å². The molecule has 2 aromatic heterocycles. The summed E-state index contributed by atoms with van der Waals surface area (Å²) >= 11 is 0. The summed E-state index contributed by atoms with van der Waals surface area (Å²) in [7, 11) is 1.66. The van der Waals surface area contributed by atoms with Gasteiger partial charge in [0.25, 0.3) is 11.5 Å². The summed E-state index contributed by atoms with van der Waals surface area (Å²) in [5, 5.41) is 4.22. The second-order valence-electron chi connectivity index (χ2n) is 7.06. The second kappa shape index (κ2) is 6.60. The van der Waals surface area contributed by atoms with Gasteiger partial charge in [0.15, 0.2) is 0 Å². The average Bonchev–Trinajstić information content (AvgIpc) is 3.27. The van der Waals surface area contributed by atoms with Crippen molar-refractivity contribution < 1.29 is 9.53 Å². The molecule has 2 atom stereocenters. The van der Waals surface area contributed by atoms with Crippen LogP contribution < -0.4 is 11.3 Å². The normalized spacial score (nSPS) is 22.7. The fourth-order valence-electron chi connectivity index (χ4n) is 3.60. The lowest BCUT2D eigenvalue weighted by molar-refractivity contribution is 0.0678. The van der Waals surface area contributed by atoms with E-state index in [0.29, 0.717) is 24.5 Å². The third-order valence-electron chi connectivity index (χ3n) is 5.15. The van der Waals surface area contributed by atoms with E-state index in [1.54, 1.807) is 34.7 Å². The van der Waals surface area contributed by atoms with Gasteiger partial charge in [0.05, 0.1) is 24.3 Å². The monoisotopic (exact) mass is 357 g/mol. The highest BCUT2D eigenvalue weighted by molar-refractivity contribution is 5.94. The number of rotatable bonds is 5. The smallest absolute Gasteiger partial charge is 0.255 e. The molecular weight excluding hydrogens is 334 g/mol. The summed E-state index contributed by atoms with van der Waals surface area (Å²) in [6.45, 7) is 1.09. The number of methoxy groups -OCH3 is 1. The maximum Gasteiger partial charge on any atom is 0.255 e. The Hall–Kier alpha value is -2.61. The summed E-state index contributed by atoms with van der Waals surface area (Å²) in [6, 6.07) is 5.04. The lowest BCUT2D eigenvalue weighted by Crippen LogP contribution is -2.39. The first-order valence-corrected chi connectivity index (χ1v) is 8.90. The first kappa shape index (κ1) is 16.8. The largest absolute Gasteiger partial charge is 0.382 e. The molecule has 0 radical (unpaired) electrons. The van der Waals surface area contributed by atoms with E-state index in [1.165, 1.54) is 6.07 Å². The highest BCUT2D eigenvalue weighted by atomic mass is 16.5. The molecule has 0 bridgehead atoms. The zero-order valence-corrected chi connectivity index (χ0v) is 14.7. The van der Waals surface area contributed by atoms with Gasteiger partial charge in [-0.1, -0.05) is 0 Å². The van der Waals surface area contributed by atoms with Gasteiger partial charge >= 0.3 is 0 Å². The average molecular weight is 357 g/mol. The molecule has 0 aromatic carbocycles. The zero-order valence-electron chi connectivity index (χ0n) is 14.7. The standard InChI is InChI=1S/C18H23N5O3/c1-26-15-8-14(10-21-7-6-16(19)20-21)23(11-15)18(25)12-2-5-17(24)22(9-12)13-3-4-13/h2,5-7,9,13-15H,3-4,8,10-11H2,1H3,(H2,19,20)/t14-,15-/m0/s1. The molecule has 8 heteroatoms. The van der Waals surface area contributed by atoms with E-state index < -0.39 is 0 Å². The molecule has 0 unspecified atom stereocenters. The van der Waals surface area contributed by atoms with Crippen LogP contribution in [0.1, 0.15) is 35.7 Å². The summed E-state index contributed by atoms with van der Waals surface area (Å²) in [5.74, 6) is 0.379. The number of likely N-dealkylation sites (tertiary alicyclic amines) is 1. The minimum atomic E-state index is -0.0796. The van der Waals surface area contributed by atoms with Crippen molar-refractivity contribution in [3.63, 3.8) is 0 Å². The molecule has 2 aromatic rings. The predicted molar refractivity (Wildman–Crippen MR) is 95.9 cm³/mol. The molecule has 1 saturated carbocycles. The highest BCUT2D eigenvalue weighted by Crippen LogP contribution is 2.33. The predicted octanol–water partition coefficient (Wildman–Crippen LogP) is 0.892. The van der Waals surface area contributed by atoms with Crippen molar-refractivity contribution in [2.75, 3.05) is 19.4 Å². The van der Waals surface area contributed by atoms with E-state index in [0.717, 1.165) is 19.3 Å². The Morgan fingerprint density at radius 2 is 2.15 bits per heavy atom. The third kappa shape index (κ3) is 3.24. The molecule has 0 spiro atoms. The third-order valence-corrected chi connectivity index (χ3v) is 5.15. The van der Waals surface area contributed by atoms with Crippen LogP contribution in [0, 0.1) is 0 Å². The SMILES string of the molecule is CO[C@H]1C[C@@H](Cn2ccc(N)n2)N(C(=O)c2ccc(=O)n(C3CC3)c2)C1. The van der Waals surface area contributed by atoms with Crippen molar-refractivity contribution in [2.24, 2.45) is 0 Å². The summed E-state index contributed by atoms with van der Waals surface area (Å²) < 4.78 is 8.92. The van der Waals surface area contributed by atoms with Gasteiger partial charge in [0.2, 0.25) is 0 Å². The van der Waals surface area contributed by atoms with Crippen LogP contribution >= 0.6 is 0 Å². The fraction of sp³-hybridized carbons (Fsp3) is 0.500. The van der Waals surface area contributed by atoms with Crippen LogP contribution in [0.25, 0.3) is 0 Å². The van der Waals surface area contributed by atoms with E-state index in [2.05, 4.69) is 5.10 Å². The first-order valence-electron chi connectivity index (χ1n) is 8.90. The molecule has 26 heavy (non-hydrogen) atoms.